The maximum absolute atomic E-state index is 12.2. The van der Waals surface area contributed by atoms with Crippen LogP contribution in [-0.2, 0) is 0 Å². The molecule has 2 aromatic carbocycles. The molecule has 2 rings (SSSR count). The first-order chi connectivity index (χ1) is 9.49. The molecule has 2 aromatic rings. The van der Waals surface area contributed by atoms with E-state index in [2.05, 4.69) is 5.32 Å². The molecule has 3 N–H and O–H groups in total. The van der Waals surface area contributed by atoms with Gasteiger partial charge in [-0.05, 0) is 52.9 Å². The van der Waals surface area contributed by atoms with E-state index in [1.54, 1.807) is 42.5 Å². The Morgan fingerprint density at radius 3 is 2.50 bits per heavy atom. The van der Waals surface area contributed by atoms with Crippen LogP contribution in [0.4, 0.5) is 5.69 Å². The van der Waals surface area contributed by atoms with Gasteiger partial charge in [-0.2, -0.15) is 0 Å². The molecule has 2 amide bonds. The van der Waals surface area contributed by atoms with Crippen molar-refractivity contribution in [3.05, 3.63) is 62.2 Å². The van der Waals surface area contributed by atoms with Crippen molar-refractivity contribution in [2.24, 2.45) is 5.73 Å². The van der Waals surface area contributed by atoms with Crippen LogP contribution in [0, 0.1) is 3.57 Å². The second-order valence-electron chi connectivity index (χ2n) is 3.99. The number of primary amides is 1. The van der Waals surface area contributed by atoms with Gasteiger partial charge < -0.3 is 11.1 Å². The largest absolute Gasteiger partial charge is 0.366 e. The van der Waals surface area contributed by atoms with Gasteiger partial charge in [0, 0.05) is 8.59 Å². The summed E-state index contributed by atoms with van der Waals surface area (Å²) in [6.07, 6.45) is 0. The lowest BCUT2D eigenvalue weighted by molar-refractivity contribution is 0.100. The van der Waals surface area contributed by atoms with Crippen molar-refractivity contribution in [3.63, 3.8) is 0 Å². The Bertz CT molecular complexity index is 689. The molecule has 0 spiro atoms. The number of anilines is 1. The fraction of sp³-hybridized carbons (Fsp3) is 0. The molecule has 102 valence electrons. The van der Waals surface area contributed by atoms with Crippen LogP contribution in [0.2, 0.25) is 5.02 Å². The van der Waals surface area contributed by atoms with E-state index < -0.39 is 5.91 Å². The number of hydrogen-bond donors (Lipinski definition) is 2. The number of halogens is 2. The van der Waals surface area contributed by atoms with Crippen molar-refractivity contribution < 1.29 is 9.59 Å². The SMILES string of the molecule is NC(=O)c1ccccc1NC(=O)c1cc(Cl)ccc1I. The van der Waals surface area contributed by atoms with Crippen molar-refractivity contribution >= 4 is 51.7 Å². The van der Waals surface area contributed by atoms with Crippen molar-refractivity contribution in [2.75, 3.05) is 5.32 Å². The minimum atomic E-state index is -0.596. The summed E-state index contributed by atoms with van der Waals surface area (Å²) in [5, 5.41) is 3.14. The van der Waals surface area contributed by atoms with E-state index in [9.17, 15) is 9.59 Å². The molecule has 0 radical (unpaired) electrons. The van der Waals surface area contributed by atoms with Gasteiger partial charge in [0.1, 0.15) is 0 Å². The van der Waals surface area contributed by atoms with E-state index in [-0.39, 0.29) is 11.5 Å². The molecule has 20 heavy (non-hydrogen) atoms. The highest BCUT2D eigenvalue weighted by atomic mass is 127. The minimum absolute atomic E-state index is 0.262. The normalized spacial score (nSPS) is 10.1. The number of benzene rings is 2. The predicted molar refractivity (Wildman–Crippen MR) is 87.1 cm³/mol. The van der Waals surface area contributed by atoms with E-state index in [0.717, 1.165) is 3.57 Å². The van der Waals surface area contributed by atoms with Crippen LogP contribution in [0.3, 0.4) is 0 Å². The summed E-state index contributed by atoms with van der Waals surface area (Å²) in [5.74, 6) is -0.938. The summed E-state index contributed by atoms with van der Waals surface area (Å²) in [4.78, 5) is 23.5. The number of rotatable bonds is 3. The monoisotopic (exact) mass is 400 g/mol. The zero-order valence-corrected chi connectivity index (χ0v) is 13.1. The van der Waals surface area contributed by atoms with Crippen molar-refractivity contribution in [3.8, 4) is 0 Å². The first-order valence-electron chi connectivity index (χ1n) is 5.64. The van der Waals surface area contributed by atoms with Gasteiger partial charge in [0.15, 0.2) is 0 Å². The fourth-order valence-electron chi connectivity index (χ4n) is 1.67. The van der Waals surface area contributed by atoms with Gasteiger partial charge in [-0.25, -0.2) is 0 Å². The molecule has 0 heterocycles. The highest BCUT2D eigenvalue weighted by Crippen LogP contribution is 2.21. The topological polar surface area (TPSA) is 72.2 Å². The van der Waals surface area contributed by atoms with Crippen LogP contribution in [0.1, 0.15) is 20.7 Å². The second kappa shape index (κ2) is 6.23. The van der Waals surface area contributed by atoms with Crippen LogP contribution in [-0.4, -0.2) is 11.8 Å². The Kier molecular flexibility index (Phi) is 4.61. The molecular formula is C14H10ClIN2O2. The summed E-state index contributed by atoms with van der Waals surface area (Å²) in [5.41, 5.74) is 6.35. The predicted octanol–water partition coefficient (Wildman–Crippen LogP) is 3.30. The van der Waals surface area contributed by atoms with Crippen molar-refractivity contribution in [1.29, 1.82) is 0 Å². The molecule has 4 nitrogen and oxygen atoms in total. The number of nitrogens with two attached hydrogens (primary N) is 1. The van der Waals surface area contributed by atoms with Crippen LogP contribution >= 0.6 is 34.2 Å². The number of amides is 2. The van der Waals surface area contributed by atoms with Gasteiger partial charge in [-0.15, -0.1) is 0 Å². The molecule has 0 saturated heterocycles. The van der Waals surface area contributed by atoms with Gasteiger partial charge in [0.05, 0.1) is 16.8 Å². The Balaban J connectivity index is 2.33. The Hall–Kier alpha value is -1.60. The molecule has 0 atom stereocenters. The molecule has 0 aromatic heterocycles. The number of carbonyl (C=O) groups is 2. The van der Waals surface area contributed by atoms with Gasteiger partial charge in [0.25, 0.3) is 11.8 Å². The van der Waals surface area contributed by atoms with E-state index in [4.69, 9.17) is 17.3 Å². The van der Waals surface area contributed by atoms with E-state index in [1.165, 1.54) is 0 Å². The van der Waals surface area contributed by atoms with Crippen LogP contribution in [0.25, 0.3) is 0 Å². The first kappa shape index (κ1) is 14.8. The van der Waals surface area contributed by atoms with Crippen LogP contribution in [0.5, 0.6) is 0 Å². The van der Waals surface area contributed by atoms with Crippen molar-refractivity contribution in [2.45, 2.75) is 0 Å². The third-order valence-electron chi connectivity index (χ3n) is 2.61. The zero-order chi connectivity index (χ0) is 14.7. The lowest BCUT2D eigenvalue weighted by Gasteiger charge is -2.10. The smallest absolute Gasteiger partial charge is 0.256 e. The van der Waals surface area contributed by atoms with Gasteiger partial charge >= 0.3 is 0 Å². The number of hydrogen-bond acceptors (Lipinski definition) is 2. The quantitative estimate of drug-likeness (QED) is 0.776. The molecule has 6 heteroatoms. The second-order valence-corrected chi connectivity index (χ2v) is 5.59. The third kappa shape index (κ3) is 3.29. The number of para-hydroxylation sites is 1. The summed E-state index contributed by atoms with van der Waals surface area (Å²) in [6, 6.07) is 11.6. The highest BCUT2D eigenvalue weighted by molar-refractivity contribution is 14.1. The molecule has 0 bridgehead atoms. The van der Waals surface area contributed by atoms with E-state index in [0.29, 0.717) is 16.3 Å². The van der Waals surface area contributed by atoms with Gasteiger partial charge in [-0.1, -0.05) is 23.7 Å². The maximum atomic E-state index is 12.2. The Morgan fingerprint density at radius 2 is 1.80 bits per heavy atom. The standard InChI is InChI=1S/C14H10ClIN2O2/c15-8-5-6-11(16)10(7-8)14(20)18-12-4-2-1-3-9(12)13(17)19/h1-7H,(H2,17,19)(H,18,20). The molecule has 0 fully saturated rings. The molecule has 0 aliphatic rings. The Morgan fingerprint density at radius 1 is 1.10 bits per heavy atom. The lowest BCUT2D eigenvalue weighted by atomic mass is 10.1. The van der Waals surface area contributed by atoms with E-state index >= 15 is 0 Å². The van der Waals surface area contributed by atoms with E-state index in [1.807, 2.05) is 22.6 Å². The molecular weight excluding hydrogens is 391 g/mol. The highest BCUT2D eigenvalue weighted by Gasteiger charge is 2.14. The molecule has 0 unspecified atom stereocenters. The fourth-order valence-corrected chi connectivity index (χ4v) is 2.42. The molecule has 0 aliphatic carbocycles. The first-order valence-corrected chi connectivity index (χ1v) is 7.10. The van der Waals surface area contributed by atoms with Crippen LogP contribution in [0.15, 0.2) is 42.5 Å². The number of carbonyl (C=O) groups excluding carboxylic acids is 2. The third-order valence-corrected chi connectivity index (χ3v) is 3.79. The van der Waals surface area contributed by atoms with Gasteiger partial charge in [-0.3, -0.25) is 9.59 Å². The average Bonchev–Trinajstić information content (AvgIpc) is 2.41. The van der Waals surface area contributed by atoms with Gasteiger partial charge in [0.2, 0.25) is 0 Å². The average molecular weight is 401 g/mol. The maximum Gasteiger partial charge on any atom is 0.256 e. The zero-order valence-electron chi connectivity index (χ0n) is 10.2. The summed E-state index contributed by atoms with van der Waals surface area (Å²) >= 11 is 7.93. The lowest BCUT2D eigenvalue weighted by Crippen LogP contribution is -2.18. The number of nitrogens with one attached hydrogen (secondary N) is 1. The van der Waals surface area contributed by atoms with Crippen molar-refractivity contribution in [1.82, 2.24) is 0 Å². The summed E-state index contributed by atoms with van der Waals surface area (Å²) in [7, 11) is 0. The molecule has 0 aliphatic heterocycles. The summed E-state index contributed by atoms with van der Waals surface area (Å²) in [6.45, 7) is 0. The summed E-state index contributed by atoms with van der Waals surface area (Å²) < 4.78 is 0.765. The molecule has 0 saturated carbocycles. The minimum Gasteiger partial charge on any atom is -0.366 e. The van der Waals surface area contributed by atoms with Crippen LogP contribution < -0.4 is 11.1 Å². The Labute approximate surface area is 134 Å².